The highest BCUT2D eigenvalue weighted by molar-refractivity contribution is 5.92. The van der Waals surface area contributed by atoms with Crippen LogP contribution in [0.15, 0.2) is 12.4 Å². The summed E-state index contributed by atoms with van der Waals surface area (Å²) >= 11 is 0. The van der Waals surface area contributed by atoms with Crippen LogP contribution >= 0.6 is 0 Å². The zero-order valence-corrected chi connectivity index (χ0v) is 12.8. The van der Waals surface area contributed by atoms with Gasteiger partial charge in [-0.1, -0.05) is 0 Å². The molecule has 0 spiro atoms. The van der Waals surface area contributed by atoms with E-state index in [-0.39, 0.29) is 18.0 Å². The van der Waals surface area contributed by atoms with E-state index in [1.54, 1.807) is 11.1 Å². The average Bonchev–Trinajstić information content (AvgIpc) is 3.24. The molecule has 8 heteroatoms. The maximum absolute atomic E-state index is 12.4. The molecule has 3 fully saturated rings. The summed E-state index contributed by atoms with van der Waals surface area (Å²) < 4.78 is 5.08. The van der Waals surface area contributed by atoms with E-state index >= 15 is 0 Å². The van der Waals surface area contributed by atoms with Gasteiger partial charge in [-0.15, -0.1) is 0 Å². The third kappa shape index (κ3) is 2.58. The van der Waals surface area contributed by atoms with Gasteiger partial charge < -0.3 is 14.5 Å². The van der Waals surface area contributed by atoms with Crippen molar-refractivity contribution in [2.24, 2.45) is 0 Å². The summed E-state index contributed by atoms with van der Waals surface area (Å²) in [5, 5.41) is 0. The average molecular weight is 317 g/mol. The summed E-state index contributed by atoms with van der Waals surface area (Å²) in [6.07, 6.45) is 5.07. The summed E-state index contributed by atoms with van der Waals surface area (Å²) in [5.41, 5.74) is 0.394. The topological polar surface area (TPSA) is 78.9 Å². The molecule has 0 N–H and O–H groups in total. The Morgan fingerprint density at radius 2 is 2.00 bits per heavy atom. The maximum Gasteiger partial charge on any atom is 0.410 e. The Hall–Kier alpha value is -2.38. The first-order valence-electron chi connectivity index (χ1n) is 8.02. The lowest BCUT2D eigenvalue weighted by Crippen LogP contribution is -2.52. The lowest BCUT2D eigenvalue weighted by molar-refractivity contribution is 0.0786. The van der Waals surface area contributed by atoms with Crippen molar-refractivity contribution in [3.8, 4) is 0 Å². The number of aromatic nitrogens is 2. The van der Waals surface area contributed by atoms with Gasteiger partial charge in [0.1, 0.15) is 18.1 Å². The van der Waals surface area contributed by atoms with Crippen molar-refractivity contribution in [3.63, 3.8) is 0 Å². The predicted octanol–water partition coefficient (Wildman–Crippen LogP) is 0.353. The largest absolute Gasteiger partial charge is 0.447 e. The molecule has 122 valence electrons. The number of carbonyl (C=O) groups excluding carboxylic acids is 2. The lowest BCUT2D eigenvalue weighted by Gasteiger charge is -2.35. The summed E-state index contributed by atoms with van der Waals surface area (Å²) in [5.74, 6) is 0.643. The molecule has 0 bridgehead atoms. The number of likely N-dealkylation sites (tertiary alicyclic amines) is 1. The third-order valence-corrected chi connectivity index (χ3v) is 4.67. The van der Waals surface area contributed by atoms with Gasteiger partial charge in [0.05, 0.1) is 18.4 Å². The van der Waals surface area contributed by atoms with Gasteiger partial charge in [-0.3, -0.25) is 14.7 Å². The van der Waals surface area contributed by atoms with Crippen LogP contribution in [0.1, 0.15) is 23.3 Å². The number of anilines is 1. The number of carbonyl (C=O) groups is 2. The molecule has 1 unspecified atom stereocenters. The number of cyclic esters (lactones) is 1. The van der Waals surface area contributed by atoms with Crippen molar-refractivity contribution >= 4 is 17.8 Å². The van der Waals surface area contributed by atoms with Crippen LogP contribution in [0.2, 0.25) is 0 Å². The Morgan fingerprint density at radius 3 is 2.83 bits per heavy atom. The zero-order chi connectivity index (χ0) is 15.8. The smallest absolute Gasteiger partial charge is 0.410 e. The van der Waals surface area contributed by atoms with Gasteiger partial charge in [-0.05, 0) is 12.8 Å². The molecule has 0 radical (unpaired) electrons. The molecule has 8 nitrogen and oxygen atoms in total. The fourth-order valence-electron chi connectivity index (χ4n) is 3.39. The number of rotatable bonds is 2. The highest BCUT2D eigenvalue weighted by Gasteiger charge is 2.38. The Bertz CT molecular complexity index is 631. The molecule has 0 aromatic carbocycles. The molecule has 3 saturated heterocycles. The van der Waals surface area contributed by atoms with Gasteiger partial charge in [0.2, 0.25) is 0 Å². The quantitative estimate of drug-likeness (QED) is 0.783. The maximum atomic E-state index is 12.4. The van der Waals surface area contributed by atoms with Gasteiger partial charge in [0.15, 0.2) is 0 Å². The van der Waals surface area contributed by atoms with Gasteiger partial charge in [0, 0.05) is 32.7 Å². The number of amides is 2. The van der Waals surface area contributed by atoms with Crippen molar-refractivity contribution in [2.75, 3.05) is 44.2 Å². The van der Waals surface area contributed by atoms with Crippen molar-refractivity contribution in [2.45, 2.75) is 18.9 Å². The molecule has 3 aliphatic rings. The minimum atomic E-state index is -0.237. The number of hydrogen-bond acceptors (Lipinski definition) is 6. The highest BCUT2D eigenvalue weighted by Crippen LogP contribution is 2.22. The number of nitrogens with zero attached hydrogens (tertiary/aromatic N) is 5. The van der Waals surface area contributed by atoms with E-state index < -0.39 is 0 Å². The third-order valence-electron chi connectivity index (χ3n) is 4.67. The molecule has 0 saturated carbocycles. The summed E-state index contributed by atoms with van der Waals surface area (Å²) in [6, 6.07) is 0.0518. The molecular weight excluding hydrogens is 298 g/mol. The minimum Gasteiger partial charge on any atom is -0.447 e. The number of ether oxygens (including phenoxy) is 1. The predicted molar refractivity (Wildman–Crippen MR) is 81.2 cm³/mol. The molecular formula is C15H19N5O3. The lowest BCUT2D eigenvalue weighted by atomic mass is 10.2. The Balaban J connectivity index is 1.50. The fraction of sp³-hybridized carbons (Fsp3) is 0.600. The Kier molecular flexibility index (Phi) is 3.51. The first kappa shape index (κ1) is 14.2. The van der Waals surface area contributed by atoms with E-state index in [1.807, 2.05) is 4.90 Å². The van der Waals surface area contributed by atoms with Crippen molar-refractivity contribution in [3.05, 3.63) is 18.1 Å². The molecule has 1 atom stereocenters. The molecule has 1 aromatic rings. The molecule has 23 heavy (non-hydrogen) atoms. The van der Waals surface area contributed by atoms with Crippen LogP contribution in [-0.4, -0.2) is 77.1 Å². The Morgan fingerprint density at radius 1 is 1.17 bits per heavy atom. The highest BCUT2D eigenvalue weighted by atomic mass is 16.6. The van der Waals surface area contributed by atoms with Crippen LogP contribution in [0, 0.1) is 0 Å². The molecule has 0 aliphatic carbocycles. The van der Waals surface area contributed by atoms with Gasteiger partial charge in [-0.2, -0.15) is 0 Å². The van der Waals surface area contributed by atoms with E-state index in [0.717, 1.165) is 25.9 Å². The monoisotopic (exact) mass is 317 g/mol. The van der Waals surface area contributed by atoms with E-state index in [2.05, 4.69) is 14.9 Å². The SMILES string of the molecule is O=C(c1cncc(N2CCN3C(=O)OCC3C2)n1)N1CCCC1. The second-order valence-electron chi connectivity index (χ2n) is 6.13. The van der Waals surface area contributed by atoms with Crippen LogP contribution in [0.4, 0.5) is 10.6 Å². The summed E-state index contributed by atoms with van der Waals surface area (Å²) in [4.78, 5) is 38.3. The number of fused-ring (bicyclic) bond motifs is 1. The number of piperazine rings is 1. The normalized spacial score (nSPS) is 23.9. The standard InChI is InChI=1S/C15H19N5O3/c21-14(18-3-1-2-4-18)12-7-16-8-13(17-12)19-5-6-20-11(9-19)10-23-15(20)22/h7-8,11H,1-6,9-10H2. The van der Waals surface area contributed by atoms with E-state index in [4.69, 9.17) is 4.74 Å². The van der Waals surface area contributed by atoms with E-state index in [9.17, 15) is 9.59 Å². The summed E-state index contributed by atoms with van der Waals surface area (Å²) in [7, 11) is 0. The van der Waals surface area contributed by atoms with Crippen molar-refractivity contribution in [1.29, 1.82) is 0 Å². The van der Waals surface area contributed by atoms with Crippen LogP contribution in [0.5, 0.6) is 0 Å². The molecule has 2 amide bonds. The van der Waals surface area contributed by atoms with E-state index in [0.29, 0.717) is 37.8 Å². The molecule has 4 heterocycles. The van der Waals surface area contributed by atoms with Crippen LogP contribution in [0.3, 0.4) is 0 Å². The van der Waals surface area contributed by atoms with Crippen molar-refractivity contribution < 1.29 is 14.3 Å². The number of hydrogen-bond donors (Lipinski definition) is 0. The second kappa shape index (κ2) is 5.68. The van der Waals surface area contributed by atoms with Gasteiger partial charge in [-0.25, -0.2) is 9.78 Å². The van der Waals surface area contributed by atoms with E-state index in [1.165, 1.54) is 6.20 Å². The van der Waals surface area contributed by atoms with Crippen molar-refractivity contribution in [1.82, 2.24) is 19.8 Å². The van der Waals surface area contributed by atoms with Crippen LogP contribution in [-0.2, 0) is 4.74 Å². The first-order chi connectivity index (χ1) is 11.2. The molecule has 3 aliphatic heterocycles. The fourth-order valence-corrected chi connectivity index (χ4v) is 3.39. The molecule has 1 aromatic heterocycles. The summed E-state index contributed by atoms with van der Waals surface area (Å²) in [6.45, 7) is 3.93. The molecule has 4 rings (SSSR count). The van der Waals surface area contributed by atoms with Crippen LogP contribution in [0.25, 0.3) is 0 Å². The minimum absolute atomic E-state index is 0.0464. The van der Waals surface area contributed by atoms with Crippen LogP contribution < -0.4 is 4.90 Å². The van der Waals surface area contributed by atoms with Gasteiger partial charge in [0.25, 0.3) is 5.91 Å². The zero-order valence-electron chi connectivity index (χ0n) is 12.8. The van der Waals surface area contributed by atoms with Gasteiger partial charge >= 0.3 is 6.09 Å². The second-order valence-corrected chi connectivity index (χ2v) is 6.13. The first-order valence-corrected chi connectivity index (χ1v) is 8.02. The Labute approximate surface area is 134 Å².